The summed E-state index contributed by atoms with van der Waals surface area (Å²) in [4.78, 5) is 0. The van der Waals surface area contributed by atoms with Crippen LogP contribution in [0.1, 0.15) is 39.7 Å². The highest BCUT2D eigenvalue weighted by molar-refractivity contribution is 5.27. The van der Waals surface area contributed by atoms with E-state index in [1.54, 1.807) is 6.07 Å². The van der Waals surface area contributed by atoms with Gasteiger partial charge in [-0.1, -0.05) is 39.8 Å². The van der Waals surface area contributed by atoms with Crippen molar-refractivity contribution in [3.05, 3.63) is 29.8 Å². The van der Waals surface area contributed by atoms with Crippen LogP contribution >= 0.6 is 0 Å². The van der Waals surface area contributed by atoms with E-state index in [0.29, 0.717) is 23.6 Å². The molecule has 1 aromatic carbocycles. The molecule has 2 heteroatoms. The van der Waals surface area contributed by atoms with Crippen LogP contribution in [0, 0.1) is 11.8 Å². The Balaban J connectivity index is 2.59. The van der Waals surface area contributed by atoms with E-state index >= 15 is 0 Å². The molecule has 1 unspecified atom stereocenters. The van der Waals surface area contributed by atoms with E-state index in [1.807, 2.05) is 12.1 Å². The molecule has 0 bridgehead atoms. The van der Waals surface area contributed by atoms with Gasteiger partial charge in [0.05, 0.1) is 0 Å². The topological polar surface area (TPSA) is 32.3 Å². The average Bonchev–Trinajstić information content (AvgIpc) is 2.25. The first-order valence-corrected chi connectivity index (χ1v) is 6.98. The van der Waals surface area contributed by atoms with Gasteiger partial charge in [0.15, 0.2) is 0 Å². The third kappa shape index (κ3) is 6.06. The number of hydrogen-bond acceptors (Lipinski definition) is 2. The van der Waals surface area contributed by atoms with Crippen LogP contribution in [0.25, 0.3) is 0 Å². The third-order valence-corrected chi connectivity index (χ3v) is 3.05. The summed E-state index contributed by atoms with van der Waals surface area (Å²) in [5.74, 6) is 1.71. The number of rotatable bonds is 7. The summed E-state index contributed by atoms with van der Waals surface area (Å²) in [5.41, 5.74) is 1.23. The van der Waals surface area contributed by atoms with Gasteiger partial charge in [-0.15, -0.1) is 0 Å². The molecule has 0 radical (unpaired) electrons. The molecule has 0 aromatic heterocycles. The molecule has 1 atom stereocenters. The predicted octanol–water partition coefficient (Wildman–Crippen LogP) is 3.60. The van der Waals surface area contributed by atoms with Crippen LogP contribution in [0.2, 0.25) is 0 Å². The average molecular weight is 249 g/mol. The van der Waals surface area contributed by atoms with Crippen molar-refractivity contribution >= 4 is 0 Å². The zero-order valence-corrected chi connectivity index (χ0v) is 12.1. The normalized spacial score (nSPS) is 13.2. The van der Waals surface area contributed by atoms with Crippen LogP contribution in [0.5, 0.6) is 5.75 Å². The van der Waals surface area contributed by atoms with Crippen molar-refractivity contribution in [2.75, 3.05) is 6.54 Å². The molecule has 0 aliphatic carbocycles. The number of aromatic hydroxyl groups is 1. The van der Waals surface area contributed by atoms with Gasteiger partial charge in [-0.05, 0) is 48.9 Å². The molecular weight excluding hydrogens is 222 g/mol. The zero-order valence-electron chi connectivity index (χ0n) is 12.1. The Morgan fingerprint density at radius 2 is 1.89 bits per heavy atom. The summed E-state index contributed by atoms with van der Waals surface area (Å²) in [7, 11) is 0. The highest BCUT2D eigenvalue weighted by Crippen LogP contribution is 2.19. The van der Waals surface area contributed by atoms with Gasteiger partial charge in [-0.25, -0.2) is 0 Å². The second-order valence-corrected chi connectivity index (χ2v) is 5.93. The van der Waals surface area contributed by atoms with Crippen molar-refractivity contribution in [2.24, 2.45) is 11.8 Å². The van der Waals surface area contributed by atoms with E-state index in [0.717, 1.165) is 13.0 Å². The summed E-state index contributed by atoms with van der Waals surface area (Å²) in [5, 5.41) is 13.0. The Hall–Kier alpha value is -1.02. The molecule has 2 N–H and O–H groups in total. The van der Waals surface area contributed by atoms with Crippen molar-refractivity contribution in [3.63, 3.8) is 0 Å². The molecule has 0 amide bonds. The van der Waals surface area contributed by atoms with Crippen molar-refractivity contribution in [3.8, 4) is 5.75 Å². The number of phenolic OH excluding ortho intramolecular Hbond substituents is 1. The van der Waals surface area contributed by atoms with Crippen molar-refractivity contribution in [1.29, 1.82) is 0 Å². The second-order valence-electron chi connectivity index (χ2n) is 5.93. The van der Waals surface area contributed by atoms with Crippen LogP contribution < -0.4 is 5.32 Å². The first-order valence-electron chi connectivity index (χ1n) is 6.98. The number of hydrogen-bond donors (Lipinski definition) is 2. The molecule has 0 aliphatic rings. The van der Waals surface area contributed by atoms with E-state index in [2.05, 4.69) is 39.1 Å². The molecule has 102 valence electrons. The van der Waals surface area contributed by atoms with Gasteiger partial charge in [0.25, 0.3) is 0 Å². The Morgan fingerprint density at radius 1 is 1.17 bits per heavy atom. The minimum atomic E-state index is 0.368. The lowest BCUT2D eigenvalue weighted by Gasteiger charge is -2.21. The van der Waals surface area contributed by atoms with Crippen LogP contribution in [0.4, 0.5) is 0 Å². The number of phenols is 1. The van der Waals surface area contributed by atoms with Crippen LogP contribution in [0.15, 0.2) is 24.3 Å². The zero-order chi connectivity index (χ0) is 13.5. The maximum atomic E-state index is 9.51. The van der Waals surface area contributed by atoms with Crippen molar-refractivity contribution in [1.82, 2.24) is 5.32 Å². The fraction of sp³-hybridized carbons (Fsp3) is 0.625. The summed E-state index contributed by atoms with van der Waals surface area (Å²) in [6.07, 6.45) is 2.25. The highest BCUT2D eigenvalue weighted by Gasteiger charge is 2.12. The third-order valence-electron chi connectivity index (χ3n) is 3.05. The quantitative estimate of drug-likeness (QED) is 0.774. The fourth-order valence-electron chi connectivity index (χ4n) is 2.32. The fourth-order valence-corrected chi connectivity index (χ4v) is 2.32. The van der Waals surface area contributed by atoms with Crippen LogP contribution in [-0.4, -0.2) is 17.7 Å². The molecular formula is C16H27NO. The molecule has 18 heavy (non-hydrogen) atoms. The van der Waals surface area contributed by atoms with Gasteiger partial charge < -0.3 is 10.4 Å². The Kier molecular flexibility index (Phi) is 6.20. The molecule has 0 saturated heterocycles. The second kappa shape index (κ2) is 7.42. The van der Waals surface area contributed by atoms with Gasteiger partial charge in [0.1, 0.15) is 5.75 Å². The first kappa shape index (κ1) is 15.0. The molecule has 0 aliphatic heterocycles. The Morgan fingerprint density at radius 3 is 2.44 bits per heavy atom. The van der Waals surface area contributed by atoms with E-state index in [1.165, 1.54) is 12.0 Å². The SMILES string of the molecule is CC(C)CC(CNC(C)C)Cc1cccc(O)c1. The molecule has 1 rings (SSSR count). The van der Waals surface area contributed by atoms with E-state index < -0.39 is 0 Å². The highest BCUT2D eigenvalue weighted by atomic mass is 16.3. The smallest absolute Gasteiger partial charge is 0.115 e. The van der Waals surface area contributed by atoms with Gasteiger partial charge >= 0.3 is 0 Å². The standard InChI is InChI=1S/C16H27NO/c1-12(2)8-15(11-17-13(3)4)9-14-6-5-7-16(18)10-14/h5-7,10,12-13,15,17-18H,8-9,11H2,1-4H3. The van der Waals surface area contributed by atoms with Crippen LogP contribution in [-0.2, 0) is 6.42 Å². The summed E-state index contributed by atoms with van der Waals surface area (Å²) >= 11 is 0. The van der Waals surface area contributed by atoms with E-state index in [-0.39, 0.29) is 0 Å². The van der Waals surface area contributed by atoms with E-state index in [9.17, 15) is 5.11 Å². The molecule has 0 saturated carbocycles. The Bertz CT molecular complexity index is 347. The number of benzene rings is 1. The largest absolute Gasteiger partial charge is 0.508 e. The first-order chi connectivity index (χ1) is 8.47. The molecule has 0 spiro atoms. The summed E-state index contributed by atoms with van der Waals surface area (Å²) in [6.45, 7) is 9.95. The molecule has 2 nitrogen and oxygen atoms in total. The van der Waals surface area contributed by atoms with E-state index in [4.69, 9.17) is 0 Å². The Labute approximate surface area is 111 Å². The molecule has 1 aromatic rings. The summed E-state index contributed by atoms with van der Waals surface area (Å²) in [6, 6.07) is 8.16. The summed E-state index contributed by atoms with van der Waals surface area (Å²) < 4.78 is 0. The lowest BCUT2D eigenvalue weighted by Crippen LogP contribution is -2.30. The monoisotopic (exact) mass is 249 g/mol. The van der Waals surface area contributed by atoms with Gasteiger partial charge in [0.2, 0.25) is 0 Å². The minimum absolute atomic E-state index is 0.368. The lowest BCUT2D eigenvalue weighted by atomic mass is 9.90. The molecule has 0 fully saturated rings. The van der Waals surface area contributed by atoms with Crippen molar-refractivity contribution < 1.29 is 5.11 Å². The predicted molar refractivity (Wildman–Crippen MR) is 77.9 cm³/mol. The maximum absolute atomic E-state index is 9.51. The van der Waals surface area contributed by atoms with Gasteiger partial charge in [-0.2, -0.15) is 0 Å². The maximum Gasteiger partial charge on any atom is 0.115 e. The number of nitrogens with one attached hydrogen (secondary N) is 1. The lowest BCUT2D eigenvalue weighted by molar-refractivity contribution is 0.372. The minimum Gasteiger partial charge on any atom is -0.508 e. The van der Waals surface area contributed by atoms with Crippen molar-refractivity contribution in [2.45, 2.75) is 46.6 Å². The van der Waals surface area contributed by atoms with Gasteiger partial charge in [0, 0.05) is 6.04 Å². The van der Waals surface area contributed by atoms with Crippen LogP contribution in [0.3, 0.4) is 0 Å². The van der Waals surface area contributed by atoms with Gasteiger partial charge in [-0.3, -0.25) is 0 Å². The molecule has 0 heterocycles.